The number of Topliss-reactive ketones (excluding diaryl/α,β-unsaturated/α-hetero) is 1. The van der Waals surface area contributed by atoms with Gasteiger partial charge in [0.15, 0.2) is 0 Å². The zero-order valence-electron chi connectivity index (χ0n) is 6.66. The second kappa shape index (κ2) is 2.75. The SMILES string of the molecule is O=C(c1ccc[nH]1)C(O)C1CC1. The second-order valence-corrected chi connectivity index (χ2v) is 3.23. The molecule has 12 heavy (non-hydrogen) atoms. The standard InChI is InChI=1S/C9H11NO2/c11-8(6-3-4-6)9(12)7-2-1-5-10-7/h1-2,5-6,8,10-11H,3-4H2. The number of carbonyl (C=O) groups is 1. The van der Waals surface area contributed by atoms with Gasteiger partial charge in [0.25, 0.3) is 0 Å². The Morgan fingerprint density at radius 1 is 1.67 bits per heavy atom. The fraction of sp³-hybridized carbons (Fsp3) is 0.444. The molecule has 1 aromatic heterocycles. The van der Waals surface area contributed by atoms with E-state index in [9.17, 15) is 9.90 Å². The molecule has 2 rings (SSSR count). The minimum Gasteiger partial charge on any atom is -0.385 e. The molecule has 0 aliphatic heterocycles. The van der Waals surface area contributed by atoms with Crippen molar-refractivity contribution in [1.82, 2.24) is 4.98 Å². The Bertz CT molecular complexity index is 275. The van der Waals surface area contributed by atoms with Gasteiger partial charge < -0.3 is 10.1 Å². The van der Waals surface area contributed by atoms with Crippen molar-refractivity contribution in [2.45, 2.75) is 18.9 Å². The summed E-state index contributed by atoms with van der Waals surface area (Å²) in [5.74, 6) is 0.0308. The van der Waals surface area contributed by atoms with Crippen molar-refractivity contribution in [3.63, 3.8) is 0 Å². The molecule has 1 aliphatic rings. The first-order chi connectivity index (χ1) is 5.79. The molecule has 0 saturated heterocycles. The molecular formula is C9H11NO2. The molecule has 64 valence electrons. The fourth-order valence-corrected chi connectivity index (χ4v) is 1.27. The van der Waals surface area contributed by atoms with Crippen LogP contribution in [0.25, 0.3) is 0 Å². The third-order valence-electron chi connectivity index (χ3n) is 2.20. The summed E-state index contributed by atoms with van der Waals surface area (Å²) in [4.78, 5) is 14.2. The van der Waals surface area contributed by atoms with E-state index in [1.165, 1.54) is 0 Å². The number of rotatable bonds is 3. The molecule has 1 atom stereocenters. The van der Waals surface area contributed by atoms with E-state index in [4.69, 9.17) is 0 Å². The van der Waals surface area contributed by atoms with Crippen LogP contribution in [-0.4, -0.2) is 22.0 Å². The Morgan fingerprint density at radius 3 is 2.92 bits per heavy atom. The average molecular weight is 165 g/mol. The van der Waals surface area contributed by atoms with E-state index >= 15 is 0 Å². The summed E-state index contributed by atoms with van der Waals surface area (Å²) < 4.78 is 0. The van der Waals surface area contributed by atoms with E-state index in [0.29, 0.717) is 5.69 Å². The van der Waals surface area contributed by atoms with Gasteiger partial charge in [0.1, 0.15) is 6.10 Å². The lowest BCUT2D eigenvalue weighted by Gasteiger charge is -2.04. The van der Waals surface area contributed by atoms with E-state index in [-0.39, 0.29) is 11.7 Å². The van der Waals surface area contributed by atoms with Gasteiger partial charge in [-0.3, -0.25) is 4.79 Å². The smallest absolute Gasteiger partial charge is 0.207 e. The van der Waals surface area contributed by atoms with E-state index in [1.807, 2.05) is 0 Å². The van der Waals surface area contributed by atoms with Crippen LogP contribution in [0.4, 0.5) is 0 Å². The highest BCUT2D eigenvalue weighted by Crippen LogP contribution is 2.33. The number of nitrogens with one attached hydrogen (secondary N) is 1. The van der Waals surface area contributed by atoms with E-state index in [1.54, 1.807) is 18.3 Å². The van der Waals surface area contributed by atoms with Crippen LogP contribution in [0.3, 0.4) is 0 Å². The van der Waals surface area contributed by atoms with Gasteiger partial charge in [0.05, 0.1) is 5.69 Å². The van der Waals surface area contributed by atoms with E-state index in [2.05, 4.69) is 4.98 Å². The van der Waals surface area contributed by atoms with Gasteiger partial charge in [-0.05, 0) is 30.9 Å². The van der Waals surface area contributed by atoms with Crippen molar-refractivity contribution in [1.29, 1.82) is 0 Å². The molecule has 2 N–H and O–H groups in total. The van der Waals surface area contributed by atoms with Gasteiger partial charge in [-0.15, -0.1) is 0 Å². The molecule has 3 heteroatoms. The van der Waals surface area contributed by atoms with Crippen LogP contribution >= 0.6 is 0 Å². The van der Waals surface area contributed by atoms with Gasteiger partial charge in [-0.1, -0.05) is 0 Å². The summed E-state index contributed by atoms with van der Waals surface area (Å²) in [6.07, 6.45) is 2.86. The largest absolute Gasteiger partial charge is 0.385 e. The minimum absolute atomic E-state index is 0.178. The lowest BCUT2D eigenvalue weighted by molar-refractivity contribution is 0.0699. The molecule has 1 heterocycles. The number of hydrogen-bond acceptors (Lipinski definition) is 2. The molecule has 0 aromatic carbocycles. The van der Waals surface area contributed by atoms with Crippen LogP contribution < -0.4 is 0 Å². The first-order valence-corrected chi connectivity index (χ1v) is 4.14. The average Bonchev–Trinajstić information content (AvgIpc) is 2.79. The second-order valence-electron chi connectivity index (χ2n) is 3.23. The van der Waals surface area contributed by atoms with E-state index < -0.39 is 6.10 Å². The van der Waals surface area contributed by atoms with Crippen molar-refractivity contribution in [3.05, 3.63) is 24.0 Å². The monoisotopic (exact) mass is 165 g/mol. The third-order valence-corrected chi connectivity index (χ3v) is 2.20. The summed E-state index contributed by atoms with van der Waals surface area (Å²) in [6.45, 7) is 0. The molecule has 1 fully saturated rings. The Morgan fingerprint density at radius 2 is 2.42 bits per heavy atom. The van der Waals surface area contributed by atoms with Crippen molar-refractivity contribution >= 4 is 5.78 Å². The first kappa shape index (κ1) is 7.55. The maximum atomic E-state index is 11.4. The molecule has 1 aromatic rings. The highest BCUT2D eigenvalue weighted by molar-refractivity contribution is 5.98. The number of H-pyrrole nitrogens is 1. The maximum Gasteiger partial charge on any atom is 0.207 e. The number of aliphatic hydroxyl groups excluding tert-OH is 1. The van der Waals surface area contributed by atoms with Gasteiger partial charge in [0.2, 0.25) is 5.78 Å². The van der Waals surface area contributed by atoms with Crippen LogP contribution in [0.1, 0.15) is 23.3 Å². The third kappa shape index (κ3) is 1.28. The number of aromatic nitrogens is 1. The number of aliphatic hydroxyl groups is 1. The zero-order chi connectivity index (χ0) is 8.55. The van der Waals surface area contributed by atoms with Gasteiger partial charge in [0, 0.05) is 6.20 Å². The Kier molecular flexibility index (Phi) is 1.73. The van der Waals surface area contributed by atoms with Crippen LogP contribution in [0.5, 0.6) is 0 Å². The van der Waals surface area contributed by atoms with E-state index in [0.717, 1.165) is 12.8 Å². The molecule has 1 saturated carbocycles. The van der Waals surface area contributed by atoms with Gasteiger partial charge >= 0.3 is 0 Å². The Hall–Kier alpha value is -1.09. The molecule has 0 spiro atoms. The summed E-state index contributed by atoms with van der Waals surface area (Å²) in [7, 11) is 0. The van der Waals surface area contributed by atoms with Crippen molar-refractivity contribution in [2.75, 3.05) is 0 Å². The summed E-state index contributed by atoms with van der Waals surface area (Å²) in [5.41, 5.74) is 0.509. The molecule has 1 unspecified atom stereocenters. The number of aromatic amines is 1. The molecule has 1 aliphatic carbocycles. The quantitative estimate of drug-likeness (QED) is 0.655. The normalized spacial score (nSPS) is 19.1. The number of carbonyl (C=O) groups excluding carboxylic acids is 1. The molecule has 0 amide bonds. The van der Waals surface area contributed by atoms with Crippen molar-refractivity contribution in [3.8, 4) is 0 Å². The van der Waals surface area contributed by atoms with Crippen LogP contribution in [-0.2, 0) is 0 Å². The minimum atomic E-state index is -0.788. The molecule has 0 bridgehead atoms. The molecular weight excluding hydrogens is 154 g/mol. The Balaban J connectivity index is 2.09. The molecule has 0 radical (unpaired) electrons. The van der Waals surface area contributed by atoms with Gasteiger partial charge in [-0.2, -0.15) is 0 Å². The van der Waals surface area contributed by atoms with Crippen molar-refractivity contribution in [2.24, 2.45) is 5.92 Å². The van der Waals surface area contributed by atoms with Gasteiger partial charge in [-0.25, -0.2) is 0 Å². The zero-order valence-corrected chi connectivity index (χ0v) is 6.66. The van der Waals surface area contributed by atoms with Crippen LogP contribution in [0, 0.1) is 5.92 Å². The maximum absolute atomic E-state index is 11.4. The summed E-state index contributed by atoms with van der Waals surface area (Å²) in [6, 6.07) is 3.45. The number of ketones is 1. The highest BCUT2D eigenvalue weighted by Gasteiger charge is 2.35. The first-order valence-electron chi connectivity index (χ1n) is 4.14. The highest BCUT2D eigenvalue weighted by atomic mass is 16.3. The fourth-order valence-electron chi connectivity index (χ4n) is 1.27. The Labute approximate surface area is 70.4 Å². The predicted octanol–water partition coefficient (Wildman–Crippen LogP) is 0.968. The number of hydrogen-bond donors (Lipinski definition) is 2. The van der Waals surface area contributed by atoms with Crippen LogP contribution in [0.15, 0.2) is 18.3 Å². The topological polar surface area (TPSA) is 53.1 Å². The molecule has 3 nitrogen and oxygen atoms in total. The predicted molar refractivity (Wildman–Crippen MR) is 43.9 cm³/mol. The summed E-state index contributed by atoms with van der Waals surface area (Å²) in [5, 5.41) is 9.46. The lowest BCUT2D eigenvalue weighted by atomic mass is 10.1. The van der Waals surface area contributed by atoms with Crippen LogP contribution in [0.2, 0.25) is 0 Å². The summed E-state index contributed by atoms with van der Waals surface area (Å²) >= 11 is 0. The van der Waals surface area contributed by atoms with Crippen molar-refractivity contribution < 1.29 is 9.90 Å². The lowest BCUT2D eigenvalue weighted by Crippen LogP contribution is -2.22.